The first kappa shape index (κ1) is 19.9. The maximum Gasteiger partial charge on any atom is 0.222 e. The van der Waals surface area contributed by atoms with Crippen LogP contribution < -0.4 is 10.6 Å². The number of aliphatic imine (C=N–C) groups is 1. The van der Waals surface area contributed by atoms with Crippen LogP contribution in [0.4, 0.5) is 0 Å². The number of hydrogen-bond acceptors (Lipinski definition) is 5. The molecule has 1 amide bonds. The summed E-state index contributed by atoms with van der Waals surface area (Å²) in [6, 6.07) is 3.62. The van der Waals surface area contributed by atoms with Gasteiger partial charge in [0.2, 0.25) is 11.7 Å². The fourth-order valence-electron chi connectivity index (χ4n) is 3.13. The summed E-state index contributed by atoms with van der Waals surface area (Å²) in [7, 11) is 0. The van der Waals surface area contributed by atoms with Crippen LogP contribution in [0.25, 0.3) is 11.6 Å². The minimum atomic E-state index is 0.288. The summed E-state index contributed by atoms with van der Waals surface area (Å²) in [5.41, 5.74) is 0. The Morgan fingerprint density at radius 2 is 2.29 bits per heavy atom. The average Bonchev–Trinajstić information content (AvgIpc) is 3.35. The molecule has 0 spiro atoms. The summed E-state index contributed by atoms with van der Waals surface area (Å²) in [5.74, 6) is 2.82. The third kappa shape index (κ3) is 5.83. The molecule has 3 rings (SSSR count). The molecule has 0 atom stereocenters. The van der Waals surface area contributed by atoms with Gasteiger partial charge in [-0.15, -0.1) is 5.10 Å². The third-order valence-electron chi connectivity index (χ3n) is 4.57. The van der Waals surface area contributed by atoms with Crippen molar-refractivity contribution in [1.82, 2.24) is 30.7 Å². The first-order valence-corrected chi connectivity index (χ1v) is 10.0. The monoisotopic (exact) mass is 387 g/mol. The minimum absolute atomic E-state index is 0.288. The molecule has 3 heterocycles. The number of aromatic amines is 1. The molecule has 1 aliphatic rings. The largest absolute Gasteiger partial charge is 0.461 e. The number of furan rings is 1. The van der Waals surface area contributed by atoms with Gasteiger partial charge in [0.15, 0.2) is 11.7 Å². The molecule has 0 aromatic carbocycles. The van der Waals surface area contributed by atoms with Crippen molar-refractivity contribution in [3.63, 3.8) is 0 Å². The summed E-state index contributed by atoms with van der Waals surface area (Å²) in [6.07, 6.45) is 6.46. The summed E-state index contributed by atoms with van der Waals surface area (Å²) in [4.78, 5) is 23.0. The number of H-pyrrole nitrogens is 1. The van der Waals surface area contributed by atoms with Gasteiger partial charge in [-0.05, 0) is 38.3 Å². The van der Waals surface area contributed by atoms with Crippen LogP contribution >= 0.6 is 0 Å². The molecular weight excluding hydrogens is 358 g/mol. The van der Waals surface area contributed by atoms with Crippen molar-refractivity contribution in [3.8, 4) is 11.6 Å². The Kier molecular flexibility index (Phi) is 7.45. The van der Waals surface area contributed by atoms with E-state index in [1.165, 1.54) is 0 Å². The number of rotatable bonds is 8. The first-order chi connectivity index (χ1) is 13.8. The van der Waals surface area contributed by atoms with Crippen LogP contribution in [0.2, 0.25) is 0 Å². The number of aromatic nitrogens is 3. The van der Waals surface area contributed by atoms with Gasteiger partial charge >= 0.3 is 0 Å². The highest BCUT2D eigenvalue weighted by Crippen LogP contribution is 2.14. The molecule has 9 heteroatoms. The van der Waals surface area contributed by atoms with E-state index in [0.717, 1.165) is 57.8 Å². The van der Waals surface area contributed by atoms with Crippen LogP contribution in [-0.4, -0.2) is 58.1 Å². The Hall–Kier alpha value is -2.84. The van der Waals surface area contributed by atoms with Gasteiger partial charge in [0.25, 0.3) is 0 Å². The standard InChI is InChI=1S/C19H29N7O2/c1-2-20-19(21-10-7-12-26-11-5-3-4-9-17(26)27)22-14-16-23-18(25-24-16)15-8-6-13-28-15/h6,8,13H,2-5,7,9-12,14H2,1H3,(H2,20,21,22)(H,23,24,25). The van der Waals surface area contributed by atoms with E-state index in [2.05, 4.69) is 30.8 Å². The summed E-state index contributed by atoms with van der Waals surface area (Å²) < 4.78 is 5.29. The van der Waals surface area contributed by atoms with Gasteiger partial charge in [0.05, 0.1) is 6.26 Å². The number of nitrogens with one attached hydrogen (secondary N) is 3. The third-order valence-corrected chi connectivity index (χ3v) is 4.57. The van der Waals surface area contributed by atoms with E-state index in [1.807, 2.05) is 17.9 Å². The highest BCUT2D eigenvalue weighted by atomic mass is 16.3. The number of hydrogen-bond donors (Lipinski definition) is 3. The second kappa shape index (κ2) is 10.5. The number of amides is 1. The summed E-state index contributed by atoms with van der Waals surface area (Å²) >= 11 is 0. The van der Waals surface area contributed by atoms with Crippen molar-refractivity contribution in [3.05, 3.63) is 24.2 Å². The SMILES string of the molecule is CCNC(=NCc1nc(-c2ccco2)n[nH]1)NCCCN1CCCCCC1=O. The van der Waals surface area contributed by atoms with E-state index in [1.54, 1.807) is 12.3 Å². The second-order valence-electron chi connectivity index (χ2n) is 6.75. The smallest absolute Gasteiger partial charge is 0.222 e. The van der Waals surface area contributed by atoms with Gasteiger partial charge < -0.3 is 20.0 Å². The summed E-state index contributed by atoms with van der Waals surface area (Å²) in [6.45, 7) is 5.61. The first-order valence-electron chi connectivity index (χ1n) is 10.0. The molecule has 0 radical (unpaired) electrons. The zero-order valence-corrected chi connectivity index (χ0v) is 16.4. The molecule has 2 aromatic rings. The van der Waals surface area contributed by atoms with Crippen LogP contribution in [-0.2, 0) is 11.3 Å². The van der Waals surface area contributed by atoms with Crippen molar-refractivity contribution >= 4 is 11.9 Å². The molecular formula is C19H29N7O2. The number of carbonyl (C=O) groups excluding carboxylic acids is 1. The number of guanidine groups is 1. The van der Waals surface area contributed by atoms with E-state index in [4.69, 9.17) is 4.42 Å². The molecule has 28 heavy (non-hydrogen) atoms. The van der Waals surface area contributed by atoms with E-state index < -0.39 is 0 Å². The van der Waals surface area contributed by atoms with Gasteiger partial charge in [-0.2, -0.15) is 0 Å². The molecule has 0 saturated carbocycles. The molecule has 152 valence electrons. The Bertz CT molecular complexity index is 754. The lowest BCUT2D eigenvalue weighted by atomic mass is 10.2. The highest BCUT2D eigenvalue weighted by molar-refractivity contribution is 5.79. The van der Waals surface area contributed by atoms with Gasteiger partial charge in [-0.3, -0.25) is 9.89 Å². The average molecular weight is 387 g/mol. The number of likely N-dealkylation sites (tertiary alicyclic amines) is 1. The van der Waals surface area contributed by atoms with Crippen molar-refractivity contribution < 1.29 is 9.21 Å². The molecule has 1 saturated heterocycles. The Labute approximate surface area is 165 Å². The zero-order chi connectivity index (χ0) is 19.6. The Balaban J connectivity index is 1.45. The van der Waals surface area contributed by atoms with E-state index >= 15 is 0 Å². The fourth-order valence-corrected chi connectivity index (χ4v) is 3.13. The molecule has 9 nitrogen and oxygen atoms in total. The lowest BCUT2D eigenvalue weighted by molar-refractivity contribution is -0.130. The van der Waals surface area contributed by atoms with Crippen LogP contribution in [0.3, 0.4) is 0 Å². The molecule has 0 bridgehead atoms. The van der Waals surface area contributed by atoms with Crippen molar-refractivity contribution in [2.24, 2.45) is 4.99 Å². The van der Waals surface area contributed by atoms with Gasteiger partial charge in [0.1, 0.15) is 12.4 Å². The number of carbonyl (C=O) groups is 1. The van der Waals surface area contributed by atoms with Crippen molar-refractivity contribution in [2.75, 3.05) is 26.2 Å². The van der Waals surface area contributed by atoms with Crippen LogP contribution in [0, 0.1) is 0 Å². The van der Waals surface area contributed by atoms with Gasteiger partial charge in [-0.1, -0.05) is 6.42 Å². The maximum absolute atomic E-state index is 12.0. The molecule has 3 N–H and O–H groups in total. The Morgan fingerprint density at radius 1 is 1.36 bits per heavy atom. The molecule has 2 aromatic heterocycles. The normalized spacial score (nSPS) is 15.5. The van der Waals surface area contributed by atoms with E-state index in [9.17, 15) is 4.79 Å². The van der Waals surface area contributed by atoms with Crippen LogP contribution in [0.15, 0.2) is 27.8 Å². The fraction of sp³-hybridized carbons (Fsp3) is 0.579. The molecule has 1 fully saturated rings. The number of nitrogens with zero attached hydrogens (tertiary/aromatic N) is 4. The second-order valence-corrected chi connectivity index (χ2v) is 6.75. The predicted molar refractivity (Wildman–Crippen MR) is 107 cm³/mol. The lowest BCUT2D eigenvalue weighted by Gasteiger charge is -2.20. The summed E-state index contributed by atoms with van der Waals surface area (Å²) in [5, 5.41) is 13.6. The van der Waals surface area contributed by atoms with Crippen molar-refractivity contribution in [2.45, 2.75) is 45.6 Å². The molecule has 0 unspecified atom stereocenters. The van der Waals surface area contributed by atoms with Crippen molar-refractivity contribution in [1.29, 1.82) is 0 Å². The minimum Gasteiger partial charge on any atom is -0.461 e. The van der Waals surface area contributed by atoms with Gasteiger partial charge in [-0.25, -0.2) is 9.98 Å². The van der Waals surface area contributed by atoms with E-state index in [0.29, 0.717) is 30.4 Å². The van der Waals surface area contributed by atoms with Crippen LogP contribution in [0.1, 0.15) is 44.9 Å². The van der Waals surface area contributed by atoms with E-state index in [-0.39, 0.29) is 5.91 Å². The molecule has 1 aliphatic heterocycles. The van der Waals surface area contributed by atoms with Gasteiger partial charge in [0, 0.05) is 32.6 Å². The molecule has 0 aliphatic carbocycles. The quantitative estimate of drug-likeness (QED) is 0.362. The Morgan fingerprint density at radius 3 is 3.11 bits per heavy atom. The maximum atomic E-state index is 12.0. The zero-order valence-electron chi connectivity index (χ0n) is 16.4. The predicted octanol–water partition coefficient (Wildman–Crippen LogP) is 1.91. The topological polar surface area (TPSA) is 111 Å². The highest BCUT2D eigenvalue weighted by Gasteiger charge is 2.15. The van der Waals surface area contributed by atoms with Crippen LogP contribution in [0.5, 0.6) is 0 Å². The lowest BCUT2D eigenvalue weighted by Crippen LogP contribution is -2.39.